The number of fused-ring (bicyclic) bond motifs is 2. The largest absolute Gasteiger partial charge is 0.477 e. The van der Waals surface area contributed by atoms with Gasteiger partial charge in [-0.25, -0.2) is 9.78 Å². The van der Waals surface area contributed by atoms with E-state index in [4.69, 9.17) is 5.11 Å². The van der Waals surface area contributed by atoms with Gasteiger partial charge in [0.15, 0.2) is 0 Å². The van der Waals surface area contributed by atoms with Crippen molar-refractivity contribution in [2.45, 2.75) is 13.1 Å². The first-order valence-electron chi connectivity index (χ1n) is 7.22. The van der Waals surface area contributed by atoms with Crippen LogP contribution in [0.4, 0.5) is 0 Å². The molecule has 0 radical (unpaired) electrons. The van der Waals surface area contributed by atoms with Gasteiger partial charge in [-0.05, 0) is 29.3 Å². The minimum absolute atomic E-state index is 0.275. The van der Waals surface area contributed by atoms with Crippen molar-refractivity contribution < 1.29 is 9.90 Å². The fourth-order valence-electron chi connectivity index (χ4n) is 2.88. The van der Waals surface area contributed by atoms with Crippen LogP contribution in [0, 0.1) is 0 Å². The zero-order valence-electron chi connectivity index (χ0n) is 12.1. The molecule has 0 saturated heterocycles. The van der Waals surface area contributed by atoms with Crippen LogP contribution in [0.5, 0.6) is 0 Å². The molecule has 0 unspecified atom stereocenters. The molecule has 1 aliphatic heterocycles. The molecule has 0 bridgehead atoms. The summed E-state index contributed by atoms with van der Waals surface area (Å²) in [5, 5.41) is 12.6. The lowest BCUT2D eigenvalue weighted by Gasteiger charge is -2.06. The molecule has 3 aromatic rings. The molecule has 23 heavy (non-hydrogen) atoms. The predicted molar refractivity (Wildman–Crippen MR) is 85.3 cm³/mol. The standard InChI is InChI=1S/C17H13N3O3/c21-15-12-3-4-14(20-16(12)19-8-13(15)17(22)23)9-1-2-10-6-18-7-11(10)5-9/h1-5,8,18H,6-7H2,(H,22,23)(H,19,20,21). The minimum Gasteiger partial charge on any atom is -0.477 e. The number of nitrogens with zero attached hydrogens (tertiary/aromatic N) is 1. The van der Waals surface area contributed by atoms with E-state index in [1.807, 2.05) is 6.07 Å². The molecule has 114 valence electrons. The van der Waals surface area contributed by atoms with Gasteiger partial charge in [-0.15, -0.1) is 0 Å². The van der Waals surface area contributed by atoms with E-state index < -0.39 is 11.4 Å². The third-order valence-electron chi connectivity index (χ3n) is 4.10. The SMILES string of the molecule is O=C(O)c1c[nH]c2nc(-c3ccc4c(c3)CNC4)ccc2c1=O. The van der Waals surface area contributed by atoms with E-state index in [-0.39, 0.29) is 10.9 Å². The first kappa shape index (κ1) is 13.7. The van der Waals surface area contributed by atoms with E-state index >= 15 is 0 Å². The van der Waals surface area contributed by atoms with Gasteiger partial charge < -0.3 is 15.4 Å². The van der Waals surface area contributed by atoms with Crippen LogP contribution in [0.2, 0.25) is 0 Å². The number of benzene rings is 1. The molecule has 0 amide bonds. The summed E-state index contributed by atoms with van der Waals surface area (Å²) in [6, 6.07) is 9.53. The lowest BCUT2D eigenvalue weighted by molar-refractivity contribution is 0.0695. The van der Waals surface area contributed by atoms with Crippen LogP contribution in [-0.2, 0) is 13.1 Å². The maximum absolute atomic E-state index is 12.1. The van der Waals surface area contributed by atoms with Crippen LogP contribution in [0.1, 0.15) is 21.5 Å². The van der Waals surface area contributed by atoms with Gasteiger partial charge in [0.25, 0.3) is 0 Å². The molecule has 3 heterocycles. The smallest absolute Gasteiger partial charge is 0.341 e. The van der Waals surface area contributed by atoms with Gasteiger partial charge in [0, 0.05) is 24.8 Å². The van der Waals surface area contributed by atoms with Gasteiger partial charge in [0.1, 0.15) is 11.2 Å². The molecule has 0 atom stereocenters. The second-order valence-electron chi connectivity index (χ2n) is 5.52. The fraction of sp³-hybridized carbons (Fsp3) is 0.118. The molecule has 6 nitrogen and oxygen atoms in total. The van der Waals surface area contributed by atoms with Crippen molar-refractivity contribution in [2.24, 2.45) is 0 Å². The summed E-state index contributed by atoms with van der Waals surface area (Å²) < 4.78 is 0. The highest BCUT2D eigenvalue weighted by molar-refractivity contribution is 5.91. The van der Waals surface area contributed by atoms with E-state index in [9.17, 15) is 9.59 Å². The number of carboxylic acids is 1. The molecule has 0 aliphatic carbocycles. The maximum Gasteiger partial charge on any atom is 0.341 e. The normalized spacial score (nSPS) is 13.2. The third-order valence-corrected chi connectivity index (χ3v) is 4.10. The number of aromatic carboxylic acids is 1. The summed E-state index contributed by atoms with van der Waals surface area (Å²) in [6.07, 6.45) is 1.19. The van der Waals surface area contributed by atoms with Gasteiger partial charge in [0.05, 0.1) is 11.1 Å². The lowest BCUT2D eigenvalue weighted by atomic mass is 10.0. The Hall–Kier alpha value is -2.99. The molecular weight excluding hydrogens is 294 g/mol. The Labute approximate surface area is 130 Å². The summed E-state index contributed by atoms with van der Waals surface area (Å²) in [5.74, 6) is -1.25. The number of aromatic nitrogens is 2. The lowest BCUT2D eigenvalue weighted by Crippen LogP contribution is -2.15. The highest BCUT2D eigenvalue weighted by Gasteiger charge is 2.14. The zero-order chi connectivity index (χ0) is 16.0. The Morgan fingerprint density at radius 1 is 1.13 bits per heavy atom. The number of aromatic amines is 1. The molecule has 2 aromatic heterocycles. The summed E-state index contributed by atoms with van der Waals surface area (Å²) in [4.78, 5) is 30.4. The molecule has 0 spiro atoms. The number of rotatable bonds is 2. The van der Waals surface area contributed by atoms with E-state index in [1.54, 1.807) is 12.1 Å². The number of carboxylic acid groups (broad SMARTS) is 1. The maximum atomic E-state index is 12.1. The first-order valence-corrected chi connectivity index (χ1v) is 7.22. The molecule has 4 rings (SSSR count). The molecule has 0 saturated carbocycles. The molecule has 1 aromatic carbocycles. The van der Waals surface area contributed by atoms with Gasteiger partial charge in [-0.1, -0.05) is 12.1 Å². The summed E-state index contributed by atoms with van der Waals surface area (Å²) in [6.45, 7) is 1.72. The Bertz CT molecular complexity index is 1010. The predicted octanol–water partition coefficient (Wildman–Crippen LogP) is 1.89. The zero-order valence-corrected chi connectivity index (χ0v) is 12.1. The fourth-order valence-corrected chi connectivity index (χ4v) is 2.88. The second-order valence-corrected chi connectivity index (χ2v) is 5.52. The molecular formula is C17H13N3O3. The van der Waals surface area contributed by atoms with E-state index in [2.05, 4.69) is 27.4 Å². The average Bonchev–Trinajstić information content (AvgIpc) is 3.02. The van der Waals surface area contributed by atoms with Crippen molar-refractivity contribution in [1.82, 2.24) is 15.3 Å². The molecule has 1 aliphatic rings. The highest BCUT2D eigenvalue weighted by Crippen LogP contribution is 2.24. The third kappa shape index (κ3) is 2.20. The van der Waals surface area contributed by atoms with Crippen molar-refractivity contribution in [2.75, 3.05) is 0 Å². The quantitative estimate of drug-likeness (QED) is 0.672. The number of hydrogen-bond acceptors (Lipinski definition) is 4. The topological polar surface area (TPSA) is 95.1 Å². The Morgan fingerprint density at radius 3 is 2.78 bits per heavy atom. The second kappa shape index (κ2) is 5.03. The van der Waals surface area contributed by atoms with Crippen LogP contribution in [0.25, 0.3) is 22.3 Å². The van der Waals surface area contributed by atoms with E-state index in [0.717, 1.165) is 24.3 Å². The minimum atomic E-state index is -1.25. The molecule has 6 heteroatoms. The summed E-state index contributed by atoms with van der Waals surface area (Å²) in [7, 11) is 0. The van der Waals surface area contributed by atoms with E-state index in [1.165, 1.54) is 17.3 Å². The van der Waals surface area contributed by atoms with Gasteiger partial charge in [-0.2, -0.15) is 0 Å². The Morgan fingerprint density at radius 2 is 1.96 bits per heavy atom. The Balaban J connectivity index is 1.85. The molecule has 3 N–H and O–H groups in total. The van der Waals surface area contributed by atoms with Crippen LogP contribution in [-0.4, -0.2) is 21.0 Å². The van der Waals surface area contributed by atoms with Gasteiger partial charge in [0.2, 0.25) is 5.43 Å². The van der Waals surface area contributed by atoms with Crippen molar-refractivity contribution in [1.29, 1.82) is 0 Å². The number of carbonyl (C=O) groups is 1. The first-order chi connectivity index (χ1) is 11.1. The van der Waals surface area contributed by atoms with Crippen LogP contribution >= 0.6 is 0 Å². The number of H-pyrrole nitrogens is 1. The van der Waals surface area contributed by atoms with E-state index in [0.29, 0.717) is 5.65 Å². The van der Waals surface area contributed by atoms with Crippen LogP contribution in [0.3, 0.4) is 0 Å². The van der Waals surface area contributed by atoms with Gasteiger partial charge >= 0.3 is 5.97 Å². The van der Waals surface area contributed by atoms with Crippen LogP contribution < -0.4 is 10.7 Å². The molecule has 0 fully saturated rings. The van der Waals surface area contributed by atoms with Crippen molar-refractivity contribution in [3.8, 4) is 11.3 Å². The summed E-state index contributed by atoms with van der Waals surface area (Å²) >= 11 is 0. The van der Waals surface area contributed by atoms with Crippen LogP contribution in [0.15, 0.2) is 41.3 Å². The average molecular weight is 307 g/mol. The van der Waals surface area contributed by atoms with Crippen molar-refractivity contribution >= 4 is 17.0 Å². The Kier molecular flexibility index (Phi) is 2.99. The number of nitrogens with one attached hydrogen (secondary N) is 2. The highest BCUT2D eigenvalue weighted by atomic mass is 16.4. The number of hydrogen-bond donors (Lipinski definition) is 3. The van der Waals surface area contributed by atoms with Crippen molar-refractivity contribution in [3.63, 3.8) is 0 Å². The summed E-state index contributed by atoms with van der Waals surface area (Å²) in [5.41, 5.74) is 3.83. The monoisotopic (exact) mass is 307 g/mol. The number of pyridine rings is 2. The van der Waals surface area contributed by atoms with Gasteiger partial charge in [-0.3, -0.25) is 4.79 Å². The van der Waals surface area contributed by atoms with Crippen molar-refractivity contribution in [3.05, 3.63) is 63.4 Å².